The molecule has 3 aromatic rings. The van der Waals surface area contributed by atoms with Gasteiger partial charge in [0.25, 0.3) is 5.56 Å². The van der Waals surface area contributed by atoms with Crippen molar-refractivity contribution in [3.63, 3.8) is 0 Å². The Balaban J connectivity index is 1.74. The van der Waals surface area contributed by atoms with E-state index >= 15 is 0 Å². The maximum Gasteiger partial charge on any atom is 0.347 e. The predicted molar refractivity (Wildman–Crippen MR) is 155 cm³/mol. The summed E-state index contributed by atoms with van der Waals surface area (Å²) < 4.78 is 19.6. The quantitative estimate of drug-likeness (QED) is 0.192. The lowest BCUT2D eigenvalue weighted by molar-refractivity contribution is -0.150. The Morgan fingerprint density at radius 1 is 1.16 bits per heavy atom. The van der Waals surface area contributed by atoms with Gasteiger partial charge < -0.3 is 14.2 Å². The second-order valence-electron chi connectivity index (χ2n) is 9.10. The number of aromatic nitrogens is 2. The molecule has 0 saturated heterocycles. The van der Waals surface area contributed by atoms with Crippen LogP contribution in [0.15, 0.2) is 49.2 Å². The van der Waals surface area contributed by atoms with Gasteiger partial charge in [0.2, 0.25) is 0 Å². The summed E-state index contributed by atoms with van der Waals surface area (Å²) in [6.07, 6.45) is 6.18. The van der Waals surface area contributed by atoms with E-state index in [0.29, 0.717) is 44.9 Å². The molecule has 0 aliphatic heterocycles. The van der Waals surface area contributed by atoms with Gasteiger partial charge in [0.05, 0.1) is 34.8 Å². The average Bonchev–Trinajstić information content (AvgIpc) is 2.91. The molecule has 2 aromatic carbocycles. The first kappa shape index (κ1) is 28.3. The third-order valence-electron chi connectivity index (χ3n) is 6.37. The van der Waals surface area contributed by atoms with Crippen molar-refractivity contribution in [3.8, 4) is 11.5 Å². The lowest BCUT2D eigenvalue weighted by Crippen LogP contribution is -2.26. The van der Waals surface area contributed by atoms with Crippen molar-refractivity contribution in [2.24, 2.45) is 5.10 Å². The number of halogens is 2. The van der Waals surface area contributed by atoms with Crippen molar-refractivity contribution in [3.05, 3.63) is 61.0 Å². The maximum absolute atomic E-state index is 13.6. The molecular weight excluding hydrogens is 618 g/mol. The molecule has 1 aliphatic rings. The zero-order valence-electron chi connectivity index (χ0n) is 21.7. The second kappa shape index (κ2) is 12.9. The molecule has 0 bridgehead atoms. The van der Waals surface area contributed by atoms with Crippen molar-refractivity contribution >= 4 is 54.9 Å². The van der Waals surface area contributed by atoms with Gasteiger partial charge in [-0.25, -0.2) is 9.78 Å². The van der Waals surface area contributed by atoms with Gasteiger partial charge in [-0.3, -0.25) is 4.79 Å². The van der Waals surface area contributed by atoms with Gasteiger partial charge >= 0.3 is 5.97 Å². The highest BCUT2D eigenvalue weighted by atomic mass is 79.9. The zero-order valence-corrected chi connectivity index (χ0v) is 24.9. The van der Waals surface area contributed by atoms with Crippen LogP contribution >= 0.6 is 31.9 Å². The normalized spacial score (nSPS) is 15.1. The van der Waals surface area contributed by atoms with Gasteiger partial charge in [-0.1, -0.05) is 35.2 Å². The summed E-state index contributed by atoms with van der Waals surface area (Å²) in [4.78, 5) is 30.6. The Kier molecular flexibility index (Phi) is 9.59. The molecule has 1 atom stereocenters. The van der Waals surface area contributed by atoms with Crippen LogP contribution in [0, 0.1) is 0 Å². The van der Waals surface area contributed by atoms with E-state index in [0.717, 1.165) is 30.2 Å². The molecule has 1 saturated carbocycles. The molecule has 1 aromatic heterocycles. The fraction of sp³-hybridized carbons (Fsp3) is 0.429. The van der Waals surface area contributed by atoms with Crippen molar-refractivity contribution in [1.82, 2.24) is 9.66 Å². The molecule has 10 heteroatoms. The molecule has 0 radical (unpaired) electrons. The van der Waals surface area contributed by atoms with Gasteiger partial charge in [0.1, 0.15) is 5.82 Å². The van der Waals surface area contributed by atoms with E-state index in [2.05, 4.69) is 37.0 Å². The number of hydrogen-bond donors (Lipinski definition) is 0. The van der Waals surface area contributed by atoms with E-state index in [9.17, 15) is 9.59 Å². The highest BCUT2D eigenvalue weighted by molar-refractivity contribution is 9.10. The van der Waals surface area contributed by atoms with Gasteiger partial charge in [-0.15, -0.1) is 0 Å². The molecule has 0 N–H and O–H groups in total. The summed E-state index contributed by atoms with van der Waals surface area (Å²) in [5, 5.41) is 5.13. The largest absolute Gasteiger partial charge is 0.490 e. The summed E-state index contributed by atoms with van der Waals surface area (Å²) in [5.41, 5.74) is 1.15. The molecule has 38 heavy (non-hydrogen) atoms. The fourth-order valence-electron chi connectivity index (χ4n) is 4.55. The Labute approximate surface area is 238 Å². The van der Waals surface area contributed by atoms with Crippen LogP contribution < -0.4 is 15.0 Å². The summed E-state index contributed by atoms with van der Waals surface area (Å²) >= 11 is 7.00. The molecule has 1 fully saturated rings. The second-order valence-corrected chi connectivity index (χ2v) is 10.9. The van der Waals surface area contributed by atoms with Crippen LogP contribution in [-0.2, 0) is 9.53 Å². The van der Waals surface area contributed by atoms with Crippen LogP contribution in [0.1, 0.15) is 70.2 Å². The van der Waals surface area contributed by atoms with Gasteiger partial charge in [-0.2, -0.15) is 9.78 Å². The topological polar surface area (TPSA) is 92.0 Å². The molecule has 4 rings (SSSR count). The highest BCUT2D eigenvalue weighted by Crippen LogP contribution is 2.37. The van der Waals surface area contributed by atoms with E-state index in [-0.39, 0.29) is 18.1 Å². The van der Waals surface area contributed by atoms with E-state index in [1.807, 2.05) is 19.1 Å². The molecule has 0 amide bonds. The van der Waals surface area contributed by atoms with Crippen LogP contribution in [-0.4, -0.2) is 41.2 Å². The van der Waals surface area contributed by atoms with Gasteiger partial charge in [0, 0.05) is 10.4 Å². The van der Waals surface area contributed by atoms with E-state index in [1.165, 1.54) is 11.1 Å². The molecule has 8 nitrogen and oxygen atoms in total. The van der Waals surface area contributed by atoms with E-state index in [4.69, 9.17) is 19.2 Å². The lowest BCUT2D eigenvalue weighted by Gasteiger charge is -2.22. The molecular formula is C28H31Br2N3O5. The number of esters is 1. The Morgan fingerprint density at radius 3 is 2.63 bits per heavy atom. The summed E-state index contributed by atoms with van der Waals surface area (Å²) in [5.74, 6) is 1.24. The molecule has 0 unspecified atom stereocenters. The monoisotopic (exact) mass is 647 g/mol. The number of carbonyl (C=O) groups is 1. The summed E-state index contributed by atoms with van der Waals surface area (Å²) in [6, 6.07) is 9.11. The van der Waals surface area contributed by atoms with E-state index < -0.39 is 12.1 Å². The van der Waals surface area contributed by atoms with Gasteiger partial charge in [0.15, 0.2) is 17.6 Å². The number of fused-ring (bicyclic) bond motifs is 1. The zero-order chi connectivity index (χ0) is 27.2. The third kappa shape index (κ3) is 6.46. The number of nitrogens with zero attached hydrogens (tertiary/aromatic N) is 3. The average molecular weight is 649 g/mol. The minimum Gasteiger partial charge on any atom is -0.490 e. The number of benzene rings is 2. The number of rotatable bonds is 9. The molecule has 0 spiro atoms. The van der Waals surface area contributed by atoms with Crippen LogP contribution in [0.25, 0.3) is 10.9 Å². The summed E-state index contributed by atoms with van der Waals surface area (Å²) in [7, 11) is 0. The molecule has 202 valence electrons. The van der Waals surface area contributed by atoms with Crippen LogP contribution in [0.5, 0.6) is 11.5 Å². The molecule has 1 aliphatic carbocycles. The lowest BCUT2D eigenvalue weighted by atomic mass is 9.88. The third-order valence-corrected chi connectivity index (χ3v) is 7.45. The molecule has 1 heterocycles. The number of carbonyl (C=O) groups excluding carboxylic acids is 1. The predicted octanol–water partition coefficient (Wildman–Crippen LogP) is 6.58. The van der Waals surface area contributed by atoms with Crippen molar-refractivity contribution in [2.45, 2.75) is 64.9 Å². The van der Waals surface area contributed by atoms with Crippen LogP contribution in [0.2, 0.25) is 0 Å². The highest BCUT2D eigenvalue weighted by Gasteiger charge is 2.23. The van der Waals surface area contributed by atoms with E-state index in [1.54, 1.807) is 38.3 Å². The van der Waals surface area contributed by atoms with Gasteiger partial charge in [-0.05, 0) is 85.4 Å². The smallest absolute Gasteiger partial charge is 0.347 e. The Hall–Kier alpha value is -2.72. The van der Waals surface area contributed by atoms with Crippen molar-refractivity contribution in [2.75, 3.05) is 13.2 Å². The summed E-state index contributed by atoms with van der Waals surface area (Å²) in [6.45, 7) is 5.90. The van der Waals surface area contributed by atoms with Crippen molar-refractivity contribution < 1.29 is 19.0 Å². The first-order valence-corrected chi connectivity index (χ1v) is 14.5. The van der Waals surface area contributed by atoms with Crippen LogP contribution in [0.4, 0.5) is 0 Å². The minimum atomic E-state index is -0.815. The Bertz CT molecular complexity index is 1400. The fourth-order valence-corrected chi connectivity index (χ4v) is 5.47. The maximum atomic E-state index is 13.6. The Morgan fingerprint density at radius 2 is 1.92 bits per heavy atom. The number of hydrogen-bond acceptors (Lipinski definition) is 7. The standard InChI is InChI=1S/C28H31Br2N3O5/c1-4-36-24-14-18(13-22(30)25(24)38-17(3)28(35)37-5-2)16-31-33-26(19-9-7-6-8-10-19)32-23-12-11-20(29)15-21(23)27(33)34/h11-17,19H,4-10H2,1-3H3/t17-/m0/s1. The first-order valence-electron chi connectivity index (χ1n) is 12.9. The van der Waals surface area contributed by atoms with Crippen LogP contribution in [0.3, 0.4) is 0 Å². The minimum absolute atomic E-state index is 0.174. The first-order chi connectivity index (χ1) is 18.3. The van der Waals surface area contributed by atoms with Crippen molar-refractivity contribution in [1.29, 1.82) is 0 Å². The SMILES string of the molecule is CCOC(=O)[C@H](C)Oc1c(Br)cc(C=Nn2c(C3CCCCC3)nc3ccc(Br)cc3c2=O)cc1OCC. The number of ether oxygens (including phenoxy) is 3.